The minimum atomic E-state index is 0.00819. The van der Waals surface area contributed by atoms with Crippen LogP contribution < -0.4 is 10.6 Å². The molecule has 0 atom stereocenters. The second-order valence-corrected chi connectivity index (χ2v) is 5.10. The molecule has 0 unspecified atom stereocenters. The molecule has 18 heavy (non-hydrogen) atoms. The highest BCUT2D eigenvalue weighted by atomic mass is 16.1. The van der Waals surface area contributed by atoms with E-state index in [4.69, 9.17) is 0 Å². The van der Waals surface area contributed by atoms with Crippen LogP contribution in [0, 0.1) is 5.92 Å². The molecule has 0 saturated heterocycles. The highest BCUT2D eigenvalue weighted by Gasteiger charge is 2.26. The lowest BCUT2D eigenvalue weighted by atomic mass is 9.82. The minimum Gasteiger partial charge on any atom is -0.370 e. The van der Waals surface area contributed by atoms with Crippen molar-refractivity contribution in [2.75, 3.05) is 11.9 Å². The molecule has 98 valence electrons. The van der Waals surface area contributed by atoms with E-state index < -0.39 is 0 Å². The minimum absolute atomic E-state index is 0.00819. The molecule has 1 aromatic heterocycles. The number of nitrogens with zero attached hydrogens (tertiary/aromatic N) is 1. The molecule has 1 aromatic rings. The summed E-state index contributed by atoms with van der Waals surface area (Å²) in [6.07, 6.45) is 4.91. The summed E-state index contributed by atoms with van der Waals surface area (Å²) in [5, 5.41) is 6.24. The molecule has 1 fully saturated rings. The topological polar surface area (TPSA) is 54.0 Å². The first-order chi connectivity index (χ1) is 8.69. The Hall–Kier alpha value is -1.58. The summed E-state index contributed by atoms with van der Waals surface area (Å²) in [7, 11) is 0. The molecule has 0 radical (unpaired) electrons. The van der Waals surface area contributed by atoms with Crippen LogP contribution >= 0.6 is 0 Å². The average Bonchev–Trinajstić information content (AvgIpc) is 2.35. The van der Waals surface area contributed by atoms with Gasteiger partial charge in [0.2, 0.25) is 0 Å². The van der Waals surface area contributed by atoms with Gasteiger partial charge in [-0.1, -0.05) is 13.8 Å². The molecule has 0 aliphatic heterocycles. The molecular weight excluding hydrogens is 226 g/mol. The number of amides is 1. The molecule has 4 nitrogen and oxygen atoms in total. The predicted octanol–water partition coefficient (Wildman–Crippen LogP) is 2.43. The Bertz CT molecular complexity index is 413. The van der Waals surface area contributed by atoms with E-state index >= 15 is 0 Å². The number of carbonyl (C=O) groups is 1. The fourth-order valence-corrected chi connectivity index (χ4v) is 2.21. The summed E-state index contributed by atoms with van der Waals surface area (Å²) >= 11 is 0. The Morgan fingerprint density at radius 1 is 1.50 bits per heavy atom. The van der Waals surface area contributed by atoms with Gasteiger partial charge in [-0.3, -0.25) is 4.79 Å². The van der Waals surface area contributed by atoms with Gasteiger partial charge >= 0.3 is 0 Å². The van der Waals surface area contributed by atoms with Crippen molar-refractivity contribution < 1.29 is 4.79 Å². The molecule has 0 aromatic carbocycles. The summed E-state index contributed by atoms with van der Waals surface area (Å²) in [5.74, 6) is 1.52. The molecule has 1 heterocycles. The molecule has 0 bridgehead atoms. The SMILES string of the molecule is CCCNc1cc(C(=O)NC2CC(C)C2)ccn1. The molecule has 1 amide bonds. The fourth-order valence-electron chi connectivity index (χ4n) is 2.21. The van der Waals surface area contributed by atoms with Crippen molar-refractivity contribution in [2.45, 2.75) is 39.2 Å². The van der Waals surface area contributed by atoms with Crippen LogP contribution in [0.25, 0.3) is 0 Å². The lowest BCUT2D eigenvalue weighted by Crippen LogP contribution is -2.43. The zero-order valence-corrected chi connectivity index (χ0v) is 11.1. The van der Waals surface area contributed by atoms with Crippen LogP contribution in [0.4, 0.5) is 5.82 Å². The van der Waals surface area contributed by atoms with Crippen molar-refractivity contribution in [2.24, 2.45) is 5.92 Å². The van der Waals surface area contributed by atoms with Crippen molar-refractivity contribution >= 4 is 11.7 Å². The maximum absolute atomic E-state index is 12.0. The number of rotatable bonds is 5. The molecular formula is C14H21N3O. The van der Waals surface area contributed by atoms with E-state index in [1.807, 2.05) is 6.07 Å². The summed E-state index contributed by atoms with van der Waals surface area (Å²) < 4.78 is 0. The van der Waals surface area contributed by atoms with E-state index in [2.05, 4.69) is 29.5 Å². The van der Waals surface area contributed by atoms with Crippen LogP contribution in [-0.4, -0.2) is 23.5 Å². The first kappa shape index (κ1) is 12.9. The fraction of sp³-hybridized carbons (Fsp3) is 0.571. The first-order valence-corrected chi connectivity index (χ1v) is 6.69. The third-order valence-corrected chi connectivity index (χ3v) is 3.29. The number of hydrogen-bond acceptors (Lipinski definition) is 3. The van der Waals surface area contributed by atoms with Gasteiger partial charge in [0.15, 0.2) is 0 Å². The van der Waals surface area contributed by atoms with Crippen LogP contribution in [0.15, 0.2) is 18.3 Å². The summed E-state index contributed by atoms with van der Waals surface area (Å²) in [6, 6.07) is 3.93. The Morgan fingerprint density at radius 2 is 2.28 bits per heavy atom. The van der Waals surface area contributed by atoms with E-state index in [9.17, 15) is 4.79 Å². The third kappa shape index (κ3) is 3.22. The zero-order valence-electron chi connectivity index (χ0n) is 11.1. The molecule has 2 N–H and O–H groups in total. The van der Waals surface area contributed by atoms with E-state index in [0.29, 0.717) is 11.6 Å². The van der Waals surface area contributed by atoms with Gasteiger partial charge in [0.05, 0.1) is 0 Å². The smallest absolute Gasteiger partial charge is 0.251 e. The third-order valence-electron chi connectivity index (χ3n) is 3.29. The summed E-state index contributed by atoms with van der Waals surface area (Å²) in [5.41, 5.74) is 0.683. The predicted molar refractivity (Wildman–Crippen MR) is 72.7 cm³/mol. The number of pyridine rings is 1. The molecule has 1 aliphatic carbocycles. The van der Waals surface area contributed by atoms with Crippen LogP contribution in [0.3, 0.4) is 0 Å². The summed E-state index contributed by atoms with van der Waals surface area (Å²) in [4.78, 5) is 16.2. The maximum Gasteiger partial charge on any atom is 0.251 e. The van der Waals surface area contributed by atoms with Gasteiger partial charge in [-0.15, -0.1) is 0 Å². The lowest BCUT2D eigenvalue weighted by molar-refractivity contribution is 0.0896. The average molecular weight is 247 g/mol. The van der Waals surface area contributed by atoms with Gasteiger partial charge in [0.1, 0.15) is 5.82 Å². The van der Waals surface area contributed by atoms with Crippen molar-refractivity contribution in [3.63, 3.8) is 0 Å². The van der Waals surface area contributed by atoms with Gasteiger partial charge < -0.3 is 10.6 Å². The van der Waals surface area contributed by atoms with Gasteiger partial charge in [-0.2, -0.15) is 0 Å². The molecule has 2 rings (SSSR count). The quantitative estimate of drug-likeness (QED) is 0.840. The maximum atomic E-state index is 12.0. The first-order valence-electron chi connectivity index (χ1n) is 6.69. The number of aromatic nitrogens is 1. The zero-order chi connectivity index (χ0) is 13.0. The van der Waals surface area contributed by atoms with E-state index in [-0.39, 0.29) is 5.91 Å². The molecule has 1 aliphatic rings. The monoisotopic (exact) mass is 247 g/mol. The van der Waals surface area contributed by atoms with E-state index in [1.54, 1.807) is 12.3 Å². The summed E-state index contributed by atoms with van der Waals surface area (Å²) in [6.45, 7) is 5.18. The van der Waals surface area contributed by atoms with Gasteiger partial charge in [0.25, 0.3) is 5.91 Å². The number of hydrogen-bond donors (Lipinski definition) is 2. The van der Waals surface area contributed by atoms with Crippen molar-refractivity contribution in [1.82, 2.24) is 10.3 Å². The second-order valence-electron chi connectivity index (χ2n) is 5.10. The number of anilines is 1. The Balaban J connectivity index is 1.92. The number of carbonyl (C=O) groups excluding carboxylic acids is 1. The highest BCUT2D eigenvalue weighted by molar-refractivity contribution is 5.95. The van der Waals surface area contributed by atoms with Crippen molar-refractivity contribution in [1.29, 1.82) is 0 Å². The van der Waals surface area contributed by atoms with Gasteiger partial charge in [-0.05, 0) is 37.3 Å². The largest absolute Gasteiger partial charge is 0.370 e. The Kier molecular flexibility index (Phi) is 4.18. The lowest BCUT2D eigenvalue weighted by Gasteiger charge is -2.33. The van der Waals surface area contributed by atoms with Crippen molar-refractivity contribution in [3.05, 3.63) is 23.9 Å². The van der Waals surface area contributed by atoms with Gasteiger partial charge in [-0.25, -0.2) is 4.98 Å². The van der Waals surface area contributed by atoms with Crippen LogP contribution in [0.5, 0.6) is 0 Å². The molecule has 1 saturated carbocycles. The standard InChI is InChI=1S/C14H21N3O/c1-3-5-15-13-9-11(4-6-16-13)14(18)17-12-7-10(2)8-12/h4,6,9-10,12H,3,5,7-8H2,1-2H3,(H,15,16)(H,17,18). The van der Waals surface area contributed by atoms with Crippen LogP contribution in [-0.2, 0) is 0 Å². The highest BCUT2D eigenvalue weighted by Crippen LogP contribution is 2.26. The molecule has 4 heteroatoms. The normalized spacial score (nSPS) is 22.1. The Labute approximate surface area is 108 Å². The van der Waals surface area contributed by atoms with Gasteiger partial charge in [0, 0.05) is 24.3 Å². The second kappa shape index (κ2) is 5.85. The van der Waals surface area contributed by atoms with Crippen LogP contribution in [0.2, 0.25) is 0 Å². The van der Waals surface area contributed by atoms with Crippen LogP contribution in [0.1, 0.15) is 43.5 Å². The molecule has 0 spiro atoms. The number of nitrogens with one attached hydrogen (secondary N) is 2. The van der Waals surface area contributed by atoms with E-state index in [1.165, 1.54) is 0 Å². The van der Waals surface area contributed by atoms with E-state index in [0.717, 1.165) is 37.5 Å². The van der Waals surface area contributed by atoms with Crippen molar-refractivity contribution in [3.8, 4) is 0 Å². The Morgan fingerprint density at radius 3 is 2.94 bits per heavy atom.